The average Bonchev–Trinajstić information content (AvgIpc) is 2.06. The normalized spacial score (nSPS) is 10.3. The molecule has 1 nitrogen and oxygen atoms in total. The minimum atomic E-state index is 1.07. The van der Waals surface area contributed by atoms with E-state index >= 15 is 0 Å². The van der Waals surface area contributed by atoms with E-state index < -0.39 is 0 Å². The van der Waals surface area contributed by atoms with Gasteiger partial charge >= 0.3 is 0 Å². The molecule has 0 saturated heterocycles. The van der Waals surface area contributed by atoms with Crippen molar-refractivity contribution in [2.45, 2.75) is 0 Å². The lowest BCUT2D eigenvalue weighted by Gasteiger charge is -1.96. The lowest BCUT2D eigenvalue weighted by Crippen LogP contribution is -1.79. The van der Waals surface area contributed by atoms with Crippen LogP contribution in [0.1, 0.15) is 0 Å². The van der Waals surface area contributed by atoms with Crippen LogP contribution in [0.5, 0.6) is 0 Å². The number of para-hydroxylation sites is 1. The third-order valence-electron chi connectivity index (χ3n) is 1.60. The van der Waals surface area contributed by atoms with Crippen LogP contribution in [0, 0.1) is 3.57 Å². The number of halogens is 1. The summed E-state index contributed by atoms with van der Waals surface area (Å²) < 4.78 is 1.26. The maximum Gasteiger partial charge on any atom is 0.0712 e. The van der Waals surface area contributed by atoms with Gasteiger partial charge in [-0.05, 0) is 34.7 Å². The zero-order valence-electron chi connectivity index (χ0n) is 5.79. The lowest BCUT2D eigenvalue weighted by atomic mass is 10.2. The van der Waals surface area contributed by atoms with Gasteiger partial charge in [0.2, 0.25) is 0 Å². The van der Waals surface area contributed by atoms with Crippen molar-refractivity contribution in [3.05, 3.63) is 40.1 Å². The second-order valence-electron chi connectivity index (χ2n) is 2.31. The van der Waals surface area contributed by atoms with E-state index in [1.165, 1.54) is 8.96 Å². The quantitative estimate of drug-likeness (QED) is 0.659. The van der Waals surface area contributed by atoms with Crippen LogP contribution in [0.2, 0.25) is 0 Å². The Morgan fingerprint density at radius 1 is 1.09 bits per heavy atom. The lowest BCUT2D eigenvalue weighted by molar-refractivity contribution is 1.40. The fraction of sp³-hybridized carbons (Fsp3) is 0. The van der Waals surface area contributed by atoms with E-state index in [0.717, 1.165) is 5.52 Å². The number of rotatable bonds is 0. The molecular weight excluding hydrogens is 249 g/mol. The minimum Gasteiger partial charge on any atom is -0.256 e. The van der Waals surface area contributed by atoms with E-state index in [2.05, 4.69) is 33.6 Å². The molecule has 0 atom stereocenters. The van der Waals surface area contributed by atoms with Gasteiger partial charge in [0.1, 0.15) is 0 Å². The fourth-order valence-corrected chi connectivity index (χ4v) is 1.68. The Hall–Kier alpha value is -0.640. The molecule has 0 bridgehead atoms. The molecule has 0 amide bonds. The first-order valence-electron chi connectivity index (χ1n) is 3.37. The van der Waals surface area contributed by atoms with Crippen LogP contribution in [-0.4, -0.2) is 4.98 Å². The highest BCUT2D eigenvalue weighted by atomic mass is 127. The third-order valence-corrected chi connectivity index (χ3v) is 2.54. The van der Waals surface area contributed by atoms with Gasteiger partial charge in [-0.1, -0.05) is 18.2 Å². The van der Waals surface area contributed by atoms with E-state index in [1.807, 2.05) is 30.5 Å². The van der Waals surface area contributed by atoms with Gasteiger partial charge < -0.3 is 0 Å². The van der Waals surface area contributed by atoms with Crippen molar-refractivity contribution in [1.29, 1.82) is 0 Å². The van der Waals surface area contributed by atoms with E-state index in [9.17, 15) is 0 Å². The third kappa shape index (κ3) is 1.22. The van der Waals surface area contributed by atoms with Crippen LogP contribution >= 0.6 is 22.6 Å². The molecule has 2 heteroatoms. The Bertz CT molecular complexity index is 379. The molecule has 0 aliphatic rings. The summed E-state index contributed by atoms with van der Waals surface area (Å²) in [7, 11) is 0. The number of pyridine rings is 1. The van der Waals surface area contributed by atoms with Crippen LogP contribution in [0.3, 0.4) is 0 Å². The molecule has 0 spiro atoms. The highest BCUT2D eigenvalue weighted by Crippen LogP contribution is 2.16. The van der Waals surface area contributed by atoms with Gasteiger partial charge in [-0.15, -0.1) is 0 Å². The summed E-state index contributed by atoms with van der Waals surface area (Å²) >= 11 is 2.32. The van der Waals surface area contributed by atoms with Gasteiger partial charge in [0.25, 0.3) is 0 Å². The highest BCUT2D eigenvalue weighted by Gasteiger charge is 1.94. The molecule has 0 radical (unpaired) electrons. The summed E-state index contributed by atoms with van der Waals surface area (Å²) in [6, 6.07) is 10.2. The summed E-state index contributed by atoms with van der Waals surface area (Å²) in [5.41, 5.74) is 1.07. The van der Waals surface area contributed by atoms with E-state index in [0.29, 0.717) is 0 Å². The number of aromatic nitrogens is 1. The Labute approximate surface area is 78.6 Å². The van der Waals surface area contributed by atoms with Crippen molar-refractivity contribution in [2.24, 2.45) is 0 Å². The molecule has 54 valence electrons. The zero-order chi connectivity index (χ0) is 7.68. The Morgan fingerprint density at radius 2 is 1.91 bits per heavy atom. The zero-order valence-corrected chi connectivity index (χ0v) is 7.95. The molecule has 2 rings (SSSR count). The molecule has 0 unspecified atom stereocenters. The van der Waals surface area contributed by atoms with Gasteiger partial charge in [-0.2, -0.15) is 0 Å². The summed E-state index contributed by atoms with van der Waals surface area (Å²) in [6.07, 6.45) is 1.84. The van der Waals surface area contributed by atoms with Crippen molar-refractivity contribution in [3.63, 3.8) is 0 Å². The van der Waals surface area contributed by atoms with E-state index in [-0.39, 0.29) is 0 Å². The van der Waals surface area contributed by atoms with Crippen molar-refractivity contribution in [3.8, 4) is 0 Å². The highest BCUT2D eigenvalue weighted by molar-refractivity contribution is 14.1. The Balaban J connectivity index is 2.91. The molecule has 1 aromatic heterocycles. The molecule has 0 fully saturated rings. The molecule has 0 N–H and O–H groups in total. The van der Waals surface area contributed by atoms with Crippen LogP contribution in [0.15, 0.2) is 36.5 Å². The molecule has 0 saturated carbocycles. The van der Waals surface area contributed by atoms with Crippen molar-refractivity contribution < 1.29 is 0 Å². The number of hydrogen-bond donors (Lipinski definition) is 0. The molecule has 0 aliphatic carbocycles. The number of benzene rings is 1. The summed E-state index contributed by atoms with van der Waals surface area (Å²) in [6.45, 7) is 0. The Morgan fingerprint density at radius 3 is 2.73 bits per heavy atom. The second kappa shape index (κ2) is 2.77. The van der Waals surface area contributed by atoms with Gasteiger partial charge in [-0.25, -0.2) is 0 Å². The maximum atomic E-state index is 4.24. The standard InChI is InChI=1S/C9H6IN/c10-8-5-6-11-9-4-2-1-3-7(8)9/h1-6H. The predicted molar refractivity (Wildman–Crippen MR) is 54.5 cm³/mol. The maximum absolute atomic E-state index is 4.24. The van der Waals surface area contributed by atoms with Crippen LogP contribution < -0.4 is 0 Å². The molecular formula is C9H6IN. The summed E-state index contributed by atoms with van der Waals surface area (Å²) in [5.74, 6) is 0. The van der Waals surface area contributed by atoms with Gasteiger partial charge in [0.15, 0.2) is 0 Å². The second-order valence-corrected chi connectivity index (χ2v) is 3.47. The fourth-order valence-electron chi connectivity index (χ4n) is 1.06. The molecule has 0 aliphatic heterocycles. The van der Waals surface area contributed by atoms with E-state index in [1.54, 1.807) is 0 Å². The Kier molecular flexibility index (Phi) is 1.77. The largest absolute Gasteiger partial charge is 0.256 e. The molecule has 2 aromatic rings. The van der Waals surface area contributed by atoms with Crippen LogP contribution in [0.25, 0.3) is 10.9 Å². The molecule has 11 heavy (non-hydrogen) atoms. The van der Waals surface area contributed by atoms with Gasteiger partial charge in [0, 0.05) is 15.2 Å². The van der Waals surface area contributed by atoms with Crippen molar-refractivity contribution >= 4 is 33.5 Å². The molecule has 1 aromatic carbocycles. The SMILES string of the molecule is Ic1ccnc2ccccc12. The van der Waals surface area contributed by atoms with Crippen LogP contribution in [0.4, 0.5) is 0 Å². The monoisotopic (exact) mass is 255 g/mol. The topological polar surface area (TPSA) is 12.9 Å². The minimum absolute atomic E-state index is 1.07. The summed E-state index contributed by atoms with van der Waals surface area (Å²) in [5, 5.41) is 1.23. The summed E-state index contributed by atoms with van der Waals surface area (Å²) in [4.78, 5) is 4.24. The first kappa shape index (κ1) is 7.03. The van der Waals surface area contributed by atoms with Crippen LogP contribution in [-0.2, 0) is 0 Å². The van der Waals surface area contributed by atoms with Crippen molar-refractivity contribution in [2.75, 3.05) is 0 Å². The smallest absolute Gasteiger partial charge is 0.0712 e. The predicted octanol–water partition coefficient (Wildman–Crippen LogP) is 2.84. The molecule has 1 heterocycles. The van der Waals surface area contributed by atoms with Crippen molar-refractivity contribution in [1.82, 2.24) is 4.98 Å². The number of hydrogen-bond acceptors (Lipinski definition) is 1. The van der Waals surface area contributed by atoms with E-state index in [4.69, 9.17) is 0 Å². The number of fused-ring (bicyclic) bond motifs is 1. The first-order valence-corrected chi connectivity index (χ1v) is 4.45. The first-order chi connectivity index (χ1) is 5.38. The number of nitrogens with zero attached hydrogens (tertiary/aromatic N) is 1. The van der Waals surface area contributed by atoms with Gasteiger partial charge in [0.05, 0.1) is 5.52 Å². The average molecular weight is 255 g/mol. The van der Waals surface area contributed by atoms with Gasteiger partial charge in [-0.3, -0.25) is 4.98 Å².